The van der Waals surface area contributed by atoms with Gasteiger partial charge in [-0.1, -0.05) is 20.3 Å². The molecule has 1 amide bonds. The Labute approximate surface area is 110 Å². The molecule has 2 unspecified atom stereocenters. The normalized spacial score (nSPS) is 16.3. The molecule has 2 atom stereocenters. The molecule has 96 valence electrons. The van der Waals surface area contributed by atoms with Crippen LogP contribution in [0.25, 0.3) is 0 Å². The third-order valence-corrected chi connectivity index (χ3v) is 3.50. The third kappa shape index (κ3) is 3.85. The first kappa shape index (κ1) is 14.3. The van der Waals surface area contributed by atoms with Crippen molar-refractivity contribution >= 4 is 21.8 Å². The van der Waals surface area contributed by atoms with Crippen LogP contribution in [0.5, 0.6) is 0 Å². The van der Waals surface area contributed by atoms with Crippen LogP contribution in [0.15, 0.2) is 21.2 Å². The number of nitrogens with one attached hydrogen (secondary N) is 1. The highest BCUT2D eigenvalue weighted by Gasteiger charge is 2.27. The second kappa shape index (κ2) is 5.69. The maximum Gasteiger partial charge on any atom is 0.287 e. The predicted octanol–water partition coefficient (Wildman–Crippen LogP) is 2.57. The lowest BCUT2D eigenvalue weighted by molar-refractivity contribution is 0.00568. The van der Waals surface area contributed by atoms with Gasteiger partial charge in [-0.3, -0.25) is 4.79 Å². The molecule has 1 rings (SSSR count). The van der Waals surface area contributed by atoms with E-state index in [4.69, 9.17) is 4.42 Å². The molecule has 1 heterocycles. The Morgan fingerprint density at radius 1 is 1.65 bits per heavy atom. The first-order chi connectivity index (χ1) is 7.86. The third-order valence-electron chi connectivity index (χ3n) is 3.08. The second-order valence-corrected chi connectivity index (χ2v) is 5.23. The quantitative estimate of drug-likeness (QED) is 0.879. The van der Waals surface area contributed by atoms with Crippen molar-refractivity contribution in [3.8, 4) is 0 Å². The monoisotopic (exact) mass is 303 g/mol. The van der Waals surface area contributed by atoms with E-state index in [1.807, 2.05) is 13.8 Å². The Balaban J connectivity index is 2.54. The van der Waals surface area contributed by atoms with Gasteiger partial charge < -0.3 is 14.8 Å². The molecule has 0 saturated heterocycles. The van der Waals surface area contributed by atoms with Crippen LogP contribution in [0.1, 0.15) is 37.7 Å². The number of hydrogen-bond acceptors (Lipinski definition) is 3. The number of halogens is 1. The van der Waals surface area contributed by atoms with E-state index in [1.165, 1.54) is 0 Å². The lowest BCUT2D eigenvalue weighted by atomic mass is 9.88. The molecule has 17 heavy (non-hydrogen) atoms. The SMILES string of the molecule is CCC(C)C(C)(O)CNC(=O)c1ccc(Br)o1. The molecule has 0 saturated carbocycles. The Bertz CT molecular complexity index is 387. The molecule has 0 spiro atoms. The van der Waals surface area contributed by atoms with E-state index >= 15 is 0 Å². The fourth-order valence-electron chi connectivity index (χ4n) is 1.40. The Morgan fingerprint density at radius 3 is 2.76 bits per heavy atom. The summed E-state index contributed by atoms with van der Waals surface area (Å²) in [6, 6.07) is 3.24. The summed E-state index contributed by atoms with van der Waals surface area (Å²) in [5, 5.41) is 12.8. The Hall–Kier alpha value is -0.810. The molecule has 5 heteroatoms. The highest BCUT2D eigenvalue weighted by Crippen LogP contribution is 2.19. The molecule has 1 aromatic rings. The highest BCUT2D eigenvalue weighted by molar-refractivity contribution is 9.10. The molecule has 2 N–H and O–H groups in total. The summed E-state index contributed by atoms with van der Waals surface area (Å²) in [6.45, 7) is 5.89. The van der Waals surface area contributed by atoms with Crippen molar-refractivity contribution in [3.63, 3.8) is 0 Å². The summed E-state index contributed by atoms with van der Waals surface area (Å²) in [4.78, 5) is 11.7. The predicted molar refractivity (Wildman–Crippen MR) is 68.8 cm³/mol. The van der Waals surface area contributed by atoms with Crippen LogP contribution in [-0.2, 0) is 0 Å². The van der Waals surface area contributed by atoms with Gasteiger partial charge in [0.2, 0.25) is 0 Å². The smallest absolute Gasteiger partial charge is 0.287 e. The van der Waals surface area contributed by atoms with E-state index in [0.717, 1.165) is 6.42 Å². The van der Waals surface area contributed by atoms with Gasteiger partial charge in [-0.15, -0.1) is 0 Å². The summed E-state index contributed by atoms with van der Waals surface area (Å²) in [7, 11) is 0. The summed E-state index contributed by atoms with van der Waals surface area (Å²) >= 11 is 3.13. The highest BCUT2D eigenvalue weighted by atomic mass is 79.9. The molecular formula is C12H18BrNO3. The molecule has 0 fully saturated rings. The molecule has 1 aromatic heterocycles. The van der Waals surface area contributed by atoms with E-state index in [0.29, 0.717) is 4.67 Å². The summed E-state index contributed by atoms with van der Waals surface area (Å²) < 4.78 is 5.63. The number of carbonyl (C=O) groups excluding carboxylic acids is 1. The van der Waals surface area contributed by atoms with Gasteiger partial charge in [0.25, 0.3) is 5.91 Å². The zero-order valence-electron chi connectivity index (χ0n) is 10.3. The molecular weight excluding hydrogens is 286 g/mol. The minimum absolute atomic E-state index is 0.117. The molecule has 0 radical (unpaired) electrons. The van der Waals surface area contributed by atoms with Crippen molar-refractivity contribution in [2.24, 2.45) is 5.92 Å². The number of hydrogen-bond donors (Lipinski definition) is 2. The van der Waals surface area contributed by atoms with Gasteiger partial charge >= 0.3 is 0 Å². The number of amides is 1. The van der Waals surface area contributed by atoms with Crippen molar-refractivity contribution in [2.45, 2.75) is 32.8 Å². The lowest BCUT2D eigenvalue weighted by Gasteiger charge is -2.29. The van der Waals surface area contributed by atoms with Gasteiger partial charge in [0.05, 0.1) is 5.60 Å². The summed E-state index contributed by atoms with van der Waals surface area (Å²) in [5.74, 6) is 0.0299. The second-order valence-electron chi connectivity index (χ2n) is 4.45. The minimum atomic E-state index is -0.908. The fraction of sp³-hybridized carbons (Fsp3) is 0.583. The standard InChI is InChI=1S/C12H18BrNO3/c1-4-8(2)12(3,16)7-14-11(15)9-5-6-10(13)17-9/h5-6,8,16H,4,7H2,1-3H3,(H,14,15). The van der Waals surface area contributed by atoms with Crippen molar-refractivity contribution in [1.82, 2.24) is 5.32 Å². The molecule has 0 aliphatic rings. The number of furan rings is 1. The Morgan fingerprint density at radius 2 is 2.29 bits per heavy atom. The average Bonchev–Trinajstić information content (AvgIpc) is 2.71. The first-order valence-electron chi connectivity index (χ1n) is 5.62. The van der Waals surface area contributed by atoms with E-state index in [-0.39, 0.29) is 24.1 Å². The van der Waals surface area contributed by atoms with Crippen LogP contribution in [-0.4, -0.2) is 23.2 Å². The van der Waals surface area contributed by atoms with E-state index in [2.05, 4.69) is 21.2 Å². The van der Waals surface area contributed by atoms with E-state index in [9.17, 15) is 9.90 Å². The van der Waals surface area contributed by atoms with Crippen LogP contribution in [0.4, 0.5) is 0 Å². The van der Waals surface area contributed by atoms with Crippen LogP contribution in [0.2, 0.25) is 0 Å². The number of aliphatic hydroxyl groups is 1. The molecule has 0 aromatic carbocycles. The van der Waals surface area contributed by atoms with Gasteiger partial charge in [-0.05, 0) is 40.9 Å². The van der Waals surface area contributed by atoms with Gasteiger partial charge in [-0.25, -0.2) is 0 Å². The van der Waals surface area contributed by atoms with Crippen LogP contribution < -0.4 is 5.32 Å². The van der Waals surface area contributed by atoms with E-state index in [1.54, 1.807) is 19.1 Å². The van der Waals surface area contributed by atoms with Crippen LogP contribution >= 0.6 is 15.9 Å². The van der Waals surface area contributed by atoms with Crippen LogP contribution in [0.3, 0.4) is 0 Å². The van der Waals surface area contributed by atoms with Crippen LogP contribution in [0, 0.1) is 5.92 Å². The summed E-state index contributed by atoms with van der Waals surface area (Å²) in [6.07, 6.45) is 0.856. The molecule has 4 nitrogen and oxygen atoms in total. The zero-order valence-corrected chi connectivity index (χ0v) is 11.9. The van der Waals surface area contributed by atoms with E-state index < -0.39 is 5.60 Å². The van der Waals surface area contributed by atoms with Gasteiger partial charge in [0.1, 0.15) is 0 Å². The molecule has 0 bridgehead atoms. The lowest BCUT2D eigenvalue weighted by Crippen LogP contribution is -2.45. The minimum Gasteiger partial charge on any atom is -0.444 e. The average molecular weight is 304 g/mol. The van der Waals surface area contributed by atoms with Crippen molar-refractivity contribution in [3.05, 3.63) is 22.6 Å². The van der Waals surface area contributed by atoms with Crippen molar-refractivity contribution < 1.29 is 14.3 Å². The maximum absolute atomic E-state index is 11.7. The number of rotatable bonds is 5. The largest absolute Gasteiger partial charge is 0.444 e. The first-order valence-corrected chi connectivity index (χ1v) is 6.42. The zero-order chi connectivity index (χ0) is 13.1. The van der Waals surface area contributed by atoms with Crippen molar-refractivity contribution in [1.29, 1.82) is 0 Å². The fourth-order valence-corrected chi connectivity index (χ4v) is 1.70. The molecule has 0 aliphatic carbocycles. The maximum atomic E-state index is 11.7. The van der Waals surface area contributed by atoms with Gasteiger partial charge in [0.15, 0.2) is 10.4 Å². The van der Waals surface area contributed by atoms with Gasteiger partial charge in [0, 0.05) is 6.54 Å². The van der Waals surface area contributed by atoms with Gasteiger partial charge in [-0.2, -0.15) is 0 Å². The summed E-state index contributed by atoms with van der Waals surface area (Å²) in [5.41, 5.74) is -0.908. The van der Waals surface area contributed by atoms with Crippen molar-refractivity contribution in [2.75, 3.05) is 6.54 Å². The number of carbonyl (C=O) groups is 1. The Kier molecular flexibility index (Phi) is 4.77. The molecule has 0 aliphatic heterocycles. The topological polar surface area (TPSA) is 62.5 Å².